The summed E-state index contributed by atoms with van der Waals surface area (Å²) >= 11 is 0. The first-order valence-corrected chi connectivity index (χ1v) is 4.56. The second-order valence-corrected chi connectivity index (χ2v) is 3.07. The minimum Gasteiger partial charge on any atom is -0.355 e. The highest BCUT2D eigenvalue weighted by atomic mass is 15.2. The monoisotopic (exact) mass is 191 g/mol. The van der Waals surface area contributed by atoms with Crippen molar-refractivity contribution in [2.75, 3.05) is 11.9 Å². The minimum atomic E-state index is 0.832. The van der Waals surface area contributed by atoms with Gasteiger partial charge in [0.15, 0.2) is 0 Å². The lowest BCUT2D eigenvalue weighted by atomic mass is 10.4. The molecule has 5 heteroatoms. The van der Waals surface area contributed by atoms with E-state index in [9.17, 15) is 0 Å². The van der Waals surface area contributed by atoms with Gasteiger partial charge in [-0.05, 0) is 0 Å². The third-order valence-electron chi connectivity index (χ3n) is 2.02. The number of H-pyrrole nitrogens is 1. The van der Waals surface area contributed by atoms with Crippen molar-refractivity contribution < 1.29 is 0 Å². The van der Waals surface area contributed by atoms with E-state index in [0.29, 0.717) is 0 Å². The molecule has 0 fully saturated rings. The van der Waals surface area contributed by atoms with Crippen LogP contribution in [0.5, 0.6) is 0 Å². The number of anilines is 1. The lowest BCUT2D eigenvalue weighted by molar-refractivity contribution is 0.869. The SMILES string of the molecule is Cn1ccnc1NCCc1ncc[nH]1. The van der Waals surface area contributed by atoms with E-state index in [-0.39, 0.29) is 0 Å². The molecule has 2 rings (SSSR count). The number of aryl methyl sites for hydroxylation is 1. The molecule has 2 aromatic rings. The summed E-state index contributed by atoms with van der Waals surface area (Å²) in [6.45, 7) is 0.832. The summed E-state index contributed by atoms with van der Waals surface area (Å²) in [6, 6.07) is 0. The molecule has 0 aliphatic rings. The molecule has 0 atom stereocenters. The van der Waals surface area contributed by atoms with Crippen molar-refractivity contribution in [3.63, 3.8) is 0 Å². The van der Waals surface area contributed by atoms with Crippen molar-refractivity contribution in [1.82, 2.24) is 19.5 Å². The molecule has 0 aromatic carbocycles. The lowest BCUT2D eigenvalue weighted by Gasteiger charge is -2.03. The van der Waals surface area contributed by atoms with Crippen molar-refractivity contribution in [2.24, 2.45) is 7.05 Å². The summed E-state index contributed by atoms with van der Waals surface area (Å²) in [5.41, 5.74) is 0. The predicted molar refractivity (Wildman–Crippen MR) is 54.0 cm³/mol. The summed E-state index contributed by atoms with van der Waals surface area (Å²) in [7, 11) is 1.96. The Morgan fingerprint density at radius 3 is 3.00 bits per heavy atom. The van der Waals surface area contributed by atoms with Gasteiger partial charge in [0.1, 0.15) is 5.82 Å². The molecule has 0 aliphatic carbocycles. The Labute approximate surface area is 82.2 Å². The first-order chi connectivity index (χ1) is 6.86. The van der Waals surface area contributed by atoms with E-state index in [0.717, 1.165) is 24.7 Å². The molecule has 2 N–H and O–H groups in total. The molecule has 14 heavy (non-hydrogen) atoms. The maximum atomic E-state index is 4.16. The van der Waals surface area contributed by atoms with Crippen LogP contribution < -0.4 is 5.32 Å². The van der Waals surface area contributed by atoms with E-state index in [2.05, 4.69) is 20.3 Å². The number of nitrogens with one attached hydrogen (secondary N) is 2. The van der Waals surface area contributed by atoms with Crippen LogP contribution in [0.1, 0.15) is 5.82 Å². The van der Waals surface area contributed by atoms with Crippen LogP contribution in [0, 0.1) is 0 Å². The van der Waals surface area contributed by atoms with E-state index in [1.165, 1.54) is 0 Å². The van der Waals surface area contributed by atoms with Crippen LogP contribution in [-0.2, 0) is 13.5 Å². The van der Waals surface area contributed by atoms with E-state index in [1.807, 2.05) is 24.0 Å². The number of hydrogen-bond donors (Lipinski definition) is 2. The third-order valence-corrected chi connectivity index (χ3v) is 2.02. The summed E-state index contributed by atoms with van der Waals surface area (Å²) in [4.78, 5) is 11.3. The maximum Gasteiger partial charge on any atom is 0.202 e. The van der Waals surface area contributed by atoms with Gasteiger partial charge in [0, 0.05) is 44.8 Å². The Kier molecular flexibility index (Phi) is 2.48. The van der Waals surface area contributed by atoms with E-state index >= 15 is 0 Å². The van der Waals surface area contributed by atoms with Gasteiger partial charge in [-0.15, -0.1) is 0 Å². The number of aromatic nitrogens is 4. The third kappa shape index (κ3) is 1.93. The molecule has 5 nitrogen and oxygen atoms in total. The normalized spacial score (nSPS) is 10.4. The smallest absolute Gasteiger partial charge is 0.202 e. The van der Waals surface area contributed by atoms with E-state index < -0.39 is 0 Å². The maximum absolute atomic E-state index is 4.16. The van der Waals surface area contributed by atoms with Crippen LogP contribution in [0.4, 0.5) is 5.95 Å². The van der Waals surface area contributed by atoms with Gasteiger partial charge < -0.3 is 14.9 Å². The molecule has 0 saturated heterocycles. The molecule has 0 unspecified atom stereocenters. The van der Waals surface area contributed by atoms with Crippen molar-refractivity contribution in [1.29, 1.82) is 0 Å². The van der Waals surface area contributed by atoms with Crippen LogP contribution in [-0.4, -0.2) is 26.1 Å². The van der Waals surface area contributed by atoms with Gasteiger partial charge in [-0.2, -0.15) is 0 Å². The zero-order valence-electron chi connectivity index (χ0n) is 8.07. The Hall–Kier alpha value is -1.78. The molecule has 0 bridgehead atoms. The lowest BCUT2D eigenvalue weighted by Crippen LogP contribution is -2.09. The number of aromatic amines is 1. The summed E-state index contributed by atoms with van der Waals surface area (Å²) in [5, 5.41) is 3.22. The van der Waals surface area contributed by atoms with Gasteiger partial charge in [-0.25, -0.2) is 9.97 Å². The van der Waals surface area contributed by atoms with E-state index in [1.54, 1.807) is 12.4 Å². The standard InChI is InChI=1S/C9H13N5/c1-14-7-6-13-9(14)12-3-2-8-10-4-5-11-8/h4-7H,2-3H2,1H3,(H,10,11)(H,12,13). The second kappa shape index (κ2) is 3.95. The number of nitrogens with zero attached hydrogens (tertiary/aromatic N) is 3. The van der Waals surface area contributed by atoms with Gasteiger partial charge in [0.05, 0.1) is 0 Å². The predicted octanol–water partition coefficient (Wildman–Crippen LogP) is 0.798. The molecular formula is C9H13N5. The first-order valence-electron chi connectivity index (χ1n) is 4.56. The van der Waals surface area contributed by atoms with Crippen LogP contribution >= 0.6 is 0 Å². The topological polar surface area (TPSA) is 58.5 Å². The van der Waals surface area contributed by atoms with Crippen molar-refractivity contribution in [3.05, 3.63) is 30.6 Å². The molecule has 2 aromatic heterocycles. The van der Waals surface area contributed by atoms with Gasteiger partial charge in [-0.3, -0.25) is 0 Å². The molecule has 0 aliphatic heterocycles. The average molecular weight is 191 g/mol. The zero-order chi connectivity index (χ0) is 9.80. The van der Waals surface area contributed by atoms with Gasteiger partial charge >= 0.3 is 0 Å². The summed E-state index contributed by atoms with van der Waals surface area (Å²) in [5.74, 6) is 1.88. The van der Waals surface area contributed by atoms with Crippen molar-refractivity contribution >= 4 is 5.95 Å². The molecular weight excluding hydrogens is 178 g/mol. The highest BCUT2D eigenvalue weighted by molar-refractivity contribution is 5.25. The van der Waals surface area contributed by atoms with Crippen LogP contribution in [0.2, 0.25) is 0 Å². The molecule has 0 amide bonds. The summed E-state index contributed by atoms with van der Waals surface area (Å²) < 4.78 is 1.95. The molecule has 2 heterocycles. The Balaban J connectivity index is 1.81. The Morgan fingerprint density at radius 1 is 1.43 bits per heavy atom. The Bertz CT molecular complexity index is 376. The quantitative estimate of drug-likeness (QED) is 0.751. The minimum absolute atomic E-state index is 0.832. The fourth-order valence-corrected chi connectivity index (χ4v) is 1.26. The van der Waals surface area contributed by atoms with Crippen LogP contribution in [0.3, 0.4) is 0 Å². The van der Waals surface area contributed by atoms with Gasteiger partial charge in [-0.1, -0.05) is 0 Å². The number of rotatable bonds is 4. The number of imidazole rings is 2. The molecule has 0 saturated carbocycles. The van der Waals surface area contributed by atoms with E-state index in [4.69, 9.17) is 0 Å². The van der Waals surface area contributed by atoms with Gasteiger partial charge in [0.2, 0.25) is 5.95 Å². The molecule has 0 radical (unpaired) electrons. The average Bonchev–Trinajstić information content (AvgIpc) is 2.78. The highest BCUT2D eigenvalue weighted by Gasteiger charge is 1.98. The second-order valence-electron chi connectivity index (χ2n) is 3.07. The largest absolute Gasteiger partial charge is 0.355 e. The summed E-state index contributed by atoms with van der Waals surface area (Å²) in [6.07, 6.45) is 8.15. The highest BCUT2D eigenvalue weighted by Crippen LogP contribution is 2.00. The number of hydrogen-bond acceptors (Lipinski definition) is 3. The fourth-order valence-electron chi connectivity index (χ4n) is 1.26. The van der Waals surface area contributed by atoms with Crippen LogP contribution in [0.15, 0.2) is 24.8 Å². The molecule has 0 spiro atoms. The van der Waals surface area contributed by atoms with Crippen LogP contribution in [0.25, 0.3) is 0 Å². The Morgan fingerprint density at radius 2 is 2.36 bits per heavy atom. The fraction of sp³-hybridized carbons (Fsp3) is 0.333. The zero-order valence-corrected chi connectivity index (χ0v) is 8.07. The van der Waals surface area contributed by atoms with Crippen molar-refractivity contribution in [2.45, 2.75) is 6.42 Å². The first kappa shape index (κ1) is 8.80. The van der Waals surface area contributed by atoms with Gasteiger partial charge in [0.25, 0.3) is 0 Å². The molecule has 74 valence electrons. The van der Waals surface area contributed by atoms with Crippen molar-refractivity contribution in [3.8, 4) is 0 Å².